The van der Waals surface area contributed by atoms with E-state index in [-0.39, 0.29) is 11.7 Å². The Morgan fingerprint density at radius 1 is 0.933 bits per heavy atom. The topological polar surface area (TPSA) is 46.0 Å². The third kappa shape index (κ3) is 4.24. The first kappa shape index (κ1) is 20.9. The first-order valence-corrected chi connectivity index (χ1v) is 10.8. The molecule has 0 fully saturated rings. The van der Waals surface area contributed by atoms with Crippen molar-refractivity contribution in [2.24, 2.45) is 0 Å². The van der Waals surface area contributed by atoms with Crippen LogP contribution >= 0.6 is 34.8 Å². The van der Waals surface area contributed by atoms with Gasteiger partial charge in [0.2, 0.25) is 0 Å². The van der Waals surface area contributed by atoms with Crippen molar-refractivity contribution < 1.29 is 5.11 Å². The molecule has 1 unspecified atom stereocenters. The van der Waals surface area contributed by atoms with Crippen molar-refractivity contribution in [1.29, 1.82) is 0 Å². The van der Waals surface area contributed by atoms with Crippen LogP contribution in [-0.2, 0) is 12.8 Å². The maximum Gasteiger partial charge on any atom is 0.145 e. The lowest BCUT2D eigenvalue weighted by atomic mass is 9.85. The Balaban J connectivity index is 1.89. The third-order valence-electron chi connectivity index (χ3n) is 5.25. The summed E-state index contributed by atoms with van der Waals surface area (Å²) < 4.78 is 0. The second-order valence-electron chi connectivity index (χ2n) is 7.15. The highest BCUT2D eigenvalue weighted by Gasteiger charge is 2.23. The molecule has 0 aliphatic carbocycles. The standard InChI is InChI=1S/C24H19Cl3N2O/c1-2-14-8-19(27)13-29-22(14)12-21(16-9-17(25)11-18(26)10-16)20-6-5-15-4-3-7-28-23(15)24(20)30/h3-11,13,21,30H,2,12H2,1H3. The Hall–Kier alpha value is -2.33. The largest absolute Gasteiger partial charge is 0.505 e. The summed E-state index contributed by atoms with van der Waals surface area (Å²) in [7, 11) is 0. The van der Waals surface area contributed by atoms with Crippen LogP contribution in [0.4, 0.5) is 0 Å². The minimum absolute atomic E-state index is 0.154. The molecule has 6 heteroatoms. The molecule has 0 saturated carbocycles. The van der Waals surface area contributed by atoms with E-state index in [9.17, 15) is 5.11 Å². The van der Waals surface area contributed by atoms with Gasteiger partial charge in [-0.1, -0.05) is 59.9 Å². The zero-order valence-electron chi connectivity index (χ0n) is 16.2. The van der Waals surface area contributed by atoms with Gasteiger partial charge in [0.15, 0.2) is 0 Å². The number of aryl methyl sites for hydroxylation is 1. The van der Waals surface area contributed by atoms with Crippen LogP contribution in [0.15, 0.2) is 60.9 Å². The summed E-state index contributed by atoms with van der Waals surface area (Å²) in [5, 5.41) is 13.7. The van der Waals surface area contributed by atoms with E-state index in [0.29, 0.717) is 27.0 Å². The SMILES string of the molecule is CCc1cc(Cl)cnc1CC(c1cc(Cl)cc(Cl)c1)c1ccc2cccnc2c1O. The number of nitrogens with zero attached hydrogens (tertiary/aromatic N) is 2. The molecule has 4 aromatic rings. The van der Waals surface area contributed by atoms with Crippen molar-refractivity contribution in [3.63, 3.8) is 0 Å². The molecule has 0 aliphatic rings. The van der Waals surface area contributed by atoms with Crippen molar-refractivity contribution in [2.45, 2.75) is 25.7 Å². The van der Waals surface area contributed by atoms with Gasteiger partial charge in [-0.3, -0.25) is 9.97 Å². The summed E-state index contributed by atoms with van der Waals surface area (Å²) in [4.78, 5) is 8.95. The van der Waals surface area contributed by atoms with Crippen LogP contribution < -0.4 is 0 Å². The zero-order valence-corrected chi connectivity index (χ0v) is 18.5. The first-order valence-electron chi connectivity index (χ1n) is 9.62. The second-order valence-corrected chi connectivity index (χ2v) is 8.46. The van der Waals surface area contributed by atoms with Gasteiger partial charge in [-0.2, -0.15) is 0 Å². The fraction of sp³-hybridized carbons (Fsp3) is 0.167. The molecule has 2 heterocycles. The van der Waals surface area contributed by atoms with Crippen molar-refractivity contribution in [1.82, 2.24) is 9.97 Å². The van der Waals surface area contributed by atoms with E-state index in [2.05, 4.69) is 16.9 Å². The average Bonchev–Trinajstić information content (AvgIpc) is 2.73. The summed E-state index contributed by atoms with van der Waals surface area (Å²) in [6.07, 6.45) is 4.69. The Morgan fingerprint density at radius 3 is 2.43 bits per heavy atom. The molecule has 3 nitrogen and oxygen atoms in total. The molecule has 0 spiro atoms. The lowest BCUT2D eigenvalue weighted by Gasteiger charge is -2.21. The quantitative estimate of drug-likeness (QED) is 0.344. The van der Waals surface area contributed by atoms with Crippen LogP contribution in [0, 0.1) is 0 Å². The summed E-state index contributed by atoms with van der Waals surface area (Å²) in [6.45, 7) is 2.07. The van der Waals surface area contributed by atoms with Crippen LogP contribution in [0.2, 0.25) is 15.1 Å². The number of rotatable bonds is 5. The summed E-state index contributed by atoms with van der Waals surface area (Å²) in [5.41, 5.74) is 4.20. The Morgan fingerprint density at radius 2 is 1.70 bits per heavy atom. The number of hydrogen-bond acceptors (Lipinski definition) is 3. The van der Waals surface area contributed by atoms with Crippen LogP contribution in [0.1, 0.15) is 35.2 Å². The molecule has 30 heavy (non-hydrogen) atoms. The van der Waals surface area contributed by atoms with Crippen molar-refractivity contribution in [3.8, 4) is 5.75 Å². The molecule has 1 N–H and O–H groups in total. The molecule has 4 rings (SSSR count). The zero-order chi connectivity index (χ0) is 21.3. The smallest absolute Gasteiger partial charge is 0.145 e. The average molecular weight is 458 g/mol. The van der Waals surface area contributed by atoms with Gasteiger partial charge in [-0.15, -0.1) is 0 Å². The summed E-state index contributed by atoms with van der Waals surface area (Å²) in [6, 6.07) is 15.1. The van der Waals surface area contributed by atoms with Crippen LogP contribution in [0.3, 0.4) is 0 Å². The second kappa shape index (κ2) is 8.81. The van der Waals surface area contributed by atoms with E-state index in [4.69, 9.17) is 34.8 Å². The van der Waals surface area contributed by atoms with E-state index in [0.717, 1.165) is 34.2 Å². The van der Waals surface area contributed by atoms with Crippen LogP contribution in [-0.4, -0.2) is 15.1 Å². The fourth-order valence-electron chi connectivity index (χ4n) is 3.80. The lowest BCUT2D eigenvalue weighted by Crippen LogP contribution is -2.09. The molecule has 0 radical (unpaired) electrons. The monoisotopic (exact) mass is 456 g/mol. The minimum Gasteiger partial charge on any atom is -0.505 e. The van der Waals surface area contributed by atoms with Gasteiger partial charge in [0.25, 0.3) is 0 Å². The van der Waals surface area contributed by atoms with Crippen LogP contribution in [0.25, 0.3) is 10.9 Å². The number of benzene rings is 2. The summed E-state index contributed by atoms with van der Waals surface area (Å²) >= 11 is 18.8. The Bertz CT molecular complexity index is 1210. The highest BCUT2D eigenvalue weighted by molar-refractivity contribution is 6.34. The highest BCUT2D eigenvalue weighted by atomic mass is 35.5. The molecular formula is C24H19Cl3N2O. The highest BCUT2D eigenvalue weighted by Crippen LogP contribution is 2.39. The number of aromatic nitrogens is 2. The van der Waals surface area contributed by atoms with Gasteiger partial charge in [-0.05, 0) is 47.9 Å². The van der Waals surface area contributed by atoms with E-state index >= 15 is 0 Å². The molecule has 0 amide bonds. The normalized spacial score (nSPS) is 12.3. The first-order chi connectivity index (χ1) is 14.5. The van der Waals surface area contributed by atoms with Crippen molar-refractivity contribution >= 4 is 45.7 Å². The number of phenolic OH excluding ortho intramolecular Hbond substituents is 1. The predicted octanol–water partition coefficient (Wildman–Crippen LogP) is 7.23. The van der Waals surface area contributed by atoms with Gasteiger partial charge in [0, 0.05) is 51.4 Å². The van der Waals surface area contributed by atoms with E-state index in [1.807, 2.05) is 42.5 Å². The lowest BCUT2D eigenvalue weighted by molar-refractivity contribution is 0.469. The van der Waals surface area contributed by atoms with Gasteiger partial charge in [0.05, 0.1) is 5.02 Å². The van der Waals surface area contributed by atoms with Gasteiger partial charge < -0.3 is 5.11 Å². The van der Waals surface area contributed by atoms with E-state index < -0.39 is 0 Å². The Kier molecular flexibility index (Phi) is 6.14. The summed E-state index contributed by atoms with van der Waals surface area (Å²) in [5.74, 6) is -0.0622. The number of phenols is 1. The van der Waals surface area contributed by atoms with Crippen molar-refractivity contribution in [2.75, 3.05) is 0 Å². The Labute approximate surface area is 190 Å². The maximum atomic E-state index is 11.1. The van der Waals surface area contributed by atoms with Gasteiger partial charge in [-0.25, -0.2) is 0 Å². The predicted molar refractivity (Wildman–Crippen MR) is 124 cm³/mol. The van der Waals surface area contributed by atoms with E-state index in [1.54, 1.807) is 18.5 Å². The molecule has 2 aromatic carbocycles. The molecule has 152 valence electrons. The fourth-order valence-corrected chi connectivity index (χ4v) is 4.53. The van der Waals surface area contributed by atoms with Gasteiger partial charge in [0.1, 0.15) is 11.3 Å². The number of pyridine rings is 2. The van der Waals surface area contributed by atoms with E-state index in [1.165, 1.54) is 0 Å². The van der Waals surface area contributed by atoms with Gasteiger partial charge >= 0.3 is 0 Å². The molecule has 0 saturated heterocycles. The third-order valence-corrected chi connectivity index (χ3v) is 5.89. The van der Waals surface area contributed by atoms with Crippen LogP contribution in [0.5, 0.6) is 5.75 Å². The number of fused-ring (bicyclic) bond motifs is 1. The molecule has 0 bridgehead atoms. The maximum absolute atomic E-state index is 11.1. The molecular weight excluding hydrogens is 439 g/mol. The molecule has 1 atom stereocenters. The minimum atomic E-state index is -0.216. The molecule has 2 aromatic heterocycles. The number of hydrogen-bond donors (Lipinski definition) is 1. The number of aromatic hydroxyl groups is 1. The number of halogens is 3. The van der Waals surface area contributed by atoms with Crippen molar-refractivity contribution in [3.05, 3.63) is 98.4 Å². The molecule has 0 aliphatic heterocycles.